The highest BCUT2D eigenvalue weighted by Gasteiger charge is 2.20. The van der Waals surface area contributed by atoms with Gasteiger partial charge in [0, 0.05) is 6.54 Å². The highest BCUT2D eigenvalue weighted by Crippen LogP contribution is 2.30. The van der Waals surface area contributed by atoms with Crippen LogP contribution in [-0.4, -0.2) is 15.0 Å². The van der Waals surface area contributed by atoms with Gasteiger partial charge in [-0.1, -0.05) is 32.6 Å². The molecule has 2 rings (SSSR count). The number of nitrogens with one attached hydrogen (secondary N) is 1. The molecule has 1 aromatic rings. The van der Waals surface area contributed by atoms with Crippen molar-refractivity contribution in [2.45, 2.75) is 43.9 Å². The minimum Gasteiger partial charge on any atom is -0.211 e. The zero-order valence-corrected chi connectivity index (χ0v) is 14.5. The monoisotopic (exact) mass is 377 g/mol. The Kier molecular flexibility index (Phi) is 5.80. The lowest BCUT2D eigenvalue weighted by molar-refractivity contribution is 0.278. The molecule has 1 fully saturated rings. The first-order valence-corrected chi connectivity index (χ1v) is 9.61. The van der Waals surface area contributed by atoms with E-state index in [1.54, 1.807) is 0 Å². The van der Waals surface area contributed by atoms with E-state index < -0.39 is 15.8 Å². The molecular formula is C15H21BrFNO2S. The normalized spacial score (nSPS) is 23.2. The molecule has 0 amide bonds. The van der Waals surface area contributed by atoms with Crippen molar-refractivity contribution in [2.75, 3.05) is 6.54 Å². The largest absolute Gasteiger partial charge is 0.240 e. The predicted molar refractivity (Wildman–Crippen MR) is 85.0 cm³/mol. The Morgan fingerprint density at radius 2 is 1.95 bits per heavy atom. The van der Waals surface area contributed by atoms with Gasteiger partial charge in [0.2, 0.25) is 10.0 Å². The maximum Gasteiger partial charge on any atom is 0.240 e. The molecule has 0 spiro atoms. The molecule has 0 saturated heterocycles. The van der Waals surface area contributed by atoms with Gasteiger partial charge in [0.05, 0.1) is 9.37 Å². The zero-order valence-electron chi connectivity index (χ0n) is 12.1. The molecular weight excluding hydrogens is 357 g/mol. The van der Waals surface area contributed by atoms with Gasteiger partial charge in [-0.25, -0.2) is 17.5 Å². The maximum absolute atomic E-state index is 13.4. The molecule has 0 unspecified atom stereocenters. The SMILES string of the molecule is CC1CCC(CCNS(=O)(=O)c2ccc(Br)c(F)c2)CC1. The lowest BCUT2D eigenvalue weighted by Crippen LogP contribution is -2.27. The minimum absolute atomic E-state index is 0.0273. The van der Waals surface area contributed by atoms with Crippen LogP contribution in [0.4, 0.5) is 4.39 Å². The van der Waals surface area contributed by atoms with Crippen molar-refractivity contribution in [3.63, 3.8) is 0 Å². The minimum atomic E-state index is -3.62. The summed E-state index contributed by atoms with van der Waals surface area (Å²) in [6, 6.07) is 3.85. The first kappa shape index (κ1) is 16.9. The van der Waals surface area contributed by atoms with E-state index in [1.165, 1.54) is 37.8 Å². The van der Waals surface area contributed by atoms with Crippen LogP contribution in [-0.2, 0) is 10.0 Å². The Bertz CT molecular complexity index is 583. The van der Waals surface area contributed by atoms with Gasteiger partial charge in [0.15, 0.2) is 0 Å². The van der Waals surface area contributed by atoms with Gasteiger partial charge in [-0.15, -0.1) is 0 Å². The third-order valence-electron chi connectivity index (χ3n) is 4.18. The predicted octanol–water partition coefficient (Wildman–Crippen LogP) is 4.08. The molecule has 21 heavy (non-hydrogen) atoms. The number of hydrogen-bond donors (Lipinski definition) is 1. The molecule has 3 nitrogen and oxygen atoms in total. The van der Waals surface area contributed by atoms with Crippen LogP contribution in [0.15, 0.2) is 27.6 Å². The van der Waals surface area contributed by atoms with Gasteiger partial charge in [-0.3, -0.25) is 0 Å². The van der Waals surface area contributed by atoms with Crippen LogP contribution in [0, 0.1) is 17.7 Å². The molecule has 1 aliphatic carbocycles. The van der Waals surface area contributed by atoms with E-state index >= 15 is 0 Å². The van der Waals surface area contributed by atoms with Crippen molar-refractivity contribution in [3.8, 4) is 0 Å². The van der Waals surface area contributed by atoms with Crippen LogP contribution < -0.4 is 4.72 Å². The second-order valence-corrected chi connectivity index (χ2v) is 8.51. The molecule has 1 aromatic carbocycles. The average molecular weight is 378 g/mol. The van der Waals surface area contributed by atoms with Gasteiger partial charge in [-0.05, 0) is 52.4 Å². The summed E-state index contributed by atoms with van der Waals surface area (Å²) in [5.41, 5.74) is 0. The third-order valence-corrected chi connectivity index (χ3v) is 6.28. The molecule has 0 atom stereocenters. The topological polar surface area (TPSA) is 46.2 Å². The van der Waals surface area contributed by atoms with E-state index in [0.717, 1.165) is 18.4 Å². The Morgan fingerprint density at radius 1 is 1.29 bits per heavy atom. The Morgan fingerprint density at radius 3 is 2.57 bits per heavy atom. The number of halogens is 2. The number of sulfonamides is 1. The molecule has 0 heterocycles. The molecule has 6 heteroatoms. The lowest BCUT2D eigenvalue weighted by Gasteiger charge is -2.26. The van der Waals surface area contributed by atoms with Crippen molar-refractivity contribution < 1.29 is 12.8 Å². The summed E-state index contributed by atoms with van der Waals surface area (Å²) < 4.78 is 40.4. The summed E-state index contributed by atoms with van der Waals surface area (Å²) in [6.07, 6.45) is 5.67. The summed E-state index contributed by atoms with van der Waals surface area (Å²) in [6.45, 7) is 2.68. The fourth-order valence-corrected chi connectivity index (χ4v) is 4.05. The van der Waals surface area contributed by atoms with Crippen LogP contribution in [0.3, 0.4) is 0 Å². The van der Waals surface area contributed by atoms with Crippen LogP contribution in [0.25, 0.3) is 0 Å². The standard InChI is InChI=1S/C15H21BrFNO2S/c1-11-2-4-12(5-3-11)8-9-18-21(19,20)13-6-7-14(16)15(17)10-13/h6-7,10-12,18H,2-5,8-9H2,1H3. The first-order valence-electron chi connectivity index (χ1n) is 7.33. The number of benzene rings is 1. The van der Waals surface area contributed by atoms with Gasteiger partial charge < -0.3 is 0 Å². The number of rotatable bonds is 5. The first-order chi connectivity index (χ1) is 9.88. The maximum atomic E-state index is 13.4. The van der Waals surface area contributed by atoms with E-state index in [0.29, 0.717) is 12.5 Å². The van der Waals surface area contributed by atoms with E-state index in [2.05, 4.69) is 27.6 Å². The van der Waals surface area contributed by atoms with Crippen LogP contribution in [0.1, 0.15) is 39.0 Å². The molecule has 1 saturated carbocycles. The highest BCUT2D eigenvalue weighted by atomic mass is 79.9. The van der Waals surface area contributed by atoms with E-state index in [-0.39, 0.29) is 9.37 Å². The van der Waals surface area contributed by atoms with Crippen molar-refractivity contribution in [3.05, 3.63) is 28.5 Å². The highest BCUT2D eigenvalue weighted by molar-refractivity contribution is 9.10. The molecule has 0 bridgehead atoms. The van der Waals surface area contributed by atoms with Crippen LogP contribution in [0.2, 0.25) is 0 Å². The van der Waals surface area contributed by atoms with E-state index in [9.17, 15) is 12.8 Å². The third kappa shape index (κ3) is 4.76. The lowest BCUT2D eigenvalue weighted by atomic mass is 9.81. The van der Waals surface area contributed by atoms with Gasteiger partial charge in [0.1, 0.15) is 5.82 Å². The zero-order chi connectivity index (χ0) is 15.5. The molecule has 1 N–H and O–H groups in total. The summed E-state index contributed by atoms with van der Waals surface area (Å²) in [4.78, 5) is -0.0273. The van der Waals surface area contributed by atoms with Crippen LogP contribution in [0.5, 0.6) is 0 Å². The van der Waals surface area contributed by atoms with Gasteiger partial charge in [0.25, 0.3) is 0 Å². The van der Waals surface area contributed by atoms with E-state index in [1.807, 2.05) is 0 Å². The second-order valence-electron chi connectivity index (χ2n) is 5.89. The molecule has 0 aromatic heterocycles. The molecule has 0 radical (unpaired) electrons. The van der Waals surface area contributed by atoms with E-state index in [4.69, 9.17) is 0 Å². The fraction of sp³-hybridized carbons (Fsp3) is 0.600. The summed E-state index contributed by atoms with van der Waals surface area (Å²) in [5, 5.41) is 0. The second kappa shape index (κ2) is 7.20. The van der Waals surface area contributed by atoms with Crippen molar-refractivity contribution >= 4 is 26.0 Å². The van der Waals surface area contributed by atoms with Crippen LogP contribution >= 0.6 is 15.9 Å². The Hall–Kier alpha value is -0.460. The van der Waals surface area contributed by atoms with Crippen molar-refractivity contribution in [1.82, 2.24) is 4.72 Å². The number of hydrogen-bond acceptors (Lipinski definition) is 2. The summed E-state index contributed by atoms with van der Waals surface area (Å²) in [5.74, 6) is 0.827. The smallest absolute Gasteiger partial charge is 0.211 e. The Balaban J connectivity index is 1.88. The molecule has 1 aliphatic rings. The summed E-state index contributed by atoms with van der Waals surface area (Å²) >= 11 is 3.02. The Labute approximate surface area is 134 Å². The van der Waals surface area contributed by atoms with Gasteiger partial charge >= 0.3 is 0 Å². The molecule has 0 aliphatic heterocycles. The quantitative estimate of drug-likeness (QED) is 0.839. The average Bonchev–Trinajstić information content (AvgIpc) is 2.44. The molecule has 118 valence electrons. The van der Waals surface area contributed by atoms with Crippen molar-refractivity contribution in [2.24, 2.45) is 11.8 Å². The van der Waals surface area contributed by atoms with Gasteiger partial charge in [-0.2, -0.15) is 0 Å². The van der Waals surface area contributed by atoms with Crippen molar-refractivity contribution in [1.29, 1.82) is 0 Å². The summed E-state index contributed by atoms with van der Waals surface area (Å²) in [7, 11) is -3.62. The fourth-order valence-electron chi connectivity index (χ4n) is 2.74.